The number of hydrogen-bond donors (Lipinski definition) is 0. The van der Waals surface area contributed by atoms with Gasteiger partial charge in [-0.2, -0.15) is 0 Å². The lowest BCUT2D eigenvalue weighted by atomic mass is 10.2. The molecule has 4 nitrogen and oxygen atoms in total. The van der Waals surface area contributed by atoms with Crippen LogP contribution in [0.3, 0.4) is 0 Å². The van der Waals surface area contributed by atoms with E-state index < -0.39 is 0 Å². The zero-order valence-electron chi connectivity index (χ0n) is 10.8. The average Bonchev–Trinajstić information content (AvgIpc) is 2.16. The minimum atomic E-state index is -0.352. The summed E-state index contributed by atoms with van der Waals surface area (Å²) in [6, 6.07) is 0.218. The van der Waals surface area contributed by atoms with Gasteiger partial charge in [0.1, 0.15) is 6.10 Å². The molecule has 0 saturated carbocycles. The van der Waals surface area contributed by atoms with E-state index in [0.717, 1.165) is 13.1 Å². The summed E-state index contributed by atoms with van der Waals surface area (Å²) in [4.78, 5) is 15.8. The van der Waals surface area contributed by atoms with E-state index in [4.69, 9.17) is 4.74 Å². The molecule has 0 bridgehead atoms. The Labute approximate surface area is 93.2 Å². The van der Waals surface area contributed by atoms with Crippen molar-refractivity contribution in [3.63, 3.8) is 0 Å². The van der Waals surface area contributed by atoms with Crippen LogP contribution in [0.5, 0.6) is 0 Å². The number of rotatable bonds is 6. The third kappa shape index (κ3) is 4.62. The molecule has 0 spiro atoms. The molecule has 0 aliphatic rings. The molecule has 0 N–H and O–H groups in total. The molecule has 2 unspecified atom stereocenters. The Kier molecular flexibility index (Phi) is 6.52. The molecular formula is C11H24N2O2. The number of amides is 1. The first kappa shape index (κ1) is 14.4. The van der Waals surface area contributed by atoms with Gasteiger partial charge in [0.05, 0.1) is 0 Å². The molecule has 90 valence electrons. The second-order valence-electron chi connectivity index (χ2n) is 4.11. The third-order valence-electron chi connectivity index (χ3n) is 2.49. The number of likely N-dealkylation sites (N-methyl/N-ethyl adjacent to an activating group) is 2. The standard InChI is InChI=1S/C11H24N2O2/c1-7-13(9(2)8-12(4)5)11(14)10(3)15-6/h9-10H,7-8H2,1-6H3. The first-order chi connectivity index (χ1) is 6.93. The van der Waals surface area contributed by atoms with Gasteiger partial charge in [-0.25, -0.2) is 0 Å². The number of methoxy groups -OCH3 is 1. The fourth-order valence-corrected chi connectivity index (χ4v) is 1.65. The van der Waals surface area contributed by atoms with Gasteiger partial charge in [0.25, 0.3) is 5.91 Å². The highest BCUT2D eigenvalue weighted by molar-refractivity contribution is 5.80. The molecule has 0 aromatic carbocycles. The van der Waals surface area contributed by atoms with E-state index in [-0.39, 0.29) is 18.1 Å². The van der Waals surface area contributed by atoms with Crippen LogP contribution in [0.15, 0.2) is 0 Å². The van der Waals surface area contributed by atoms with Crippen LogP contribution < -0.4 is 0 Å². The minimum absolute atomic E-state index is 0.0642. The number of hydrogen-bond acceptors (Lipinski definition) is 3. The Morgan fingerprint density at radius 3 is 2.20 bits per heavy atom. The molecule has 0 aliphatic carbocycles. The fraction of sp³-hybridized carbons (Fsp3) is 0.909. The van der Waals surface area contributed by atoms with E-state index >= 15 is 0 Å². The van der Waals surface area contributed by atoms with Crippen LogP contribution >= 0.6 is 0 Å². The molecule has 2 atom stereocenters. The molecule has 0 fully saturated rings. The summed E-state index contributed by atoms with van der Waals surface area (Å²) in [6.07, 6.45) is -0.352. The topological polar surface area (TPSA) is 32.8 Å². The number of ether oxygens (including phenoxy) is 1. The molecule has 0 heterocycles. The summed E-state index contributed by atoms with van der Waals surface area (Å²) in [5.41, 5.74) is 0. The van der Waals surface area contributed by atoms with Gasteiger partial charge < -0.3 is 14.5 Å². The molecule has 0 saturated heterocycles. The molecule has 0 rings (SSSR count). The van der Waals surface area contributed by atoms with E-state index in [1.807, 2.05) is 25.9 Å². The maximum absolute atomic E-state index is 11.9. The van der Waals surface area contributed by atoms with Crippen LogP contribution in [-0.4, -0.2) is 62.1 Å². The predicted molar refractivity (Wildman–Crippen MR) is 61.9 cm³/mol. The van der Waals surface area contributed by atoms with Crippen molar-refractivity contribution in [1.82, 2.24) is 9.80 Å². The lowest BCUT2D eigenvalue weighted by Crippen LogP contribution is -2.47. The van der Waals surface area contributed by atoms with Crippen LogP contribution in [-0.2, 0) is 9.53 Å². The molecular weight excluding hydrogens is 192 g/mol. The second-order valence-corrected chi connectivity index (χ2v) is 4.11. The van der Waals surface area contributed by atoms with E-state index in [2.05, 4.69) is 11.8 Å². The molecule has 15 heavy (non-hydrogen) atoms. The van der Waals surface area contributed by atoms with Crippen molar-refractivity contribution >= 4 is 5.91 Å². The molecule has 0 aromatic heterocycles. The van der Waals surface area contributed by atoms with Gasteiger partial charge in [-0.1, -0.05) is 0 Å². The number of nitrogens with zero attached hydrogens (tertiary/aromatic N) is 2. The highest BCUT2D eigenvalue weighted by Gasteiger charge is 2.23. The van der Waals surface area contributed by atoms with Crippen molar-refractivity contribution in [2.75, 3.05) is 34.3 Å². The minimum Gasteiger partial charge on any atom is -0.372 e. The van der Waals surface area contributed by atoms with Gasteiger partial charge in [0.2, 0.25) is 0 Å². The van der Waals surface area contributed by atoms with Crippen molar-refractivity contribution < 1.29 is 9.53 Å². The van der Waals surface area contributed by atoms with Gasteiger partial charge in [0, 0.05) is 26.2 Å². The quantitative estimate of drug-likeness (QED) is 0.659. The summed E-state index contributed by atoms with van der Waals surface area (Å²) in [6.45, 7) is 7.43. The van der Waals surface area contributed by atoms with Crippen LogP contribution in [0.2, 0.25) is 0 Å². The summed E-state index contributed by atoms with van der Waals surface area (Å²) in [7, 11) is 5.58. The highest BCUT2D eigenvalue weighted by atomic mass is 16.5. The zero-order valence-corrected chi connectivity index (χ0v) is 10.8. The normalized spacial score (nSPS) is 15.1. The van der Waals surface area contributed by atoms with Crippen molar-refractivity contribution in [2.45, 2.75) is 32.9 Å². The number of carbonyl (C=O) groups excluding carboxylic acids is 1. The Balaban J connectivity index is 4.40. The third-order valence-corrected chi connectivity index (χ3v) is 2.49. The predicted octanol–water partition coefficient (Wildman–Crippen LogP) is 0.820. The molecule has 0 aliphatic heterocycles. The lowest BCUT2D eigenvalue weighted by molar-refractivity contribution is -0.143. The van der Waals surface area contributed by atoms with Crippen LogP contribution in [0, 0.1) is 0 Å². The van der Waals surface area contributed by atoms with Crippen LogP contribution in [0.1, 0.15) is 20.8 Å². The monoisotopic (exact) mass is 216 g/mol. The van der Waals surface area contributed by atoms with Crippen molar-refractivity contribution in [3.05, 3.63) is 0 Å². The van der Waals surface area contributed by atoms with Gasteiger partial charge in [-0.3, -0.25) is 4.79 Å². The first-order valence-electron chi connectivity index (χ1n) is 5.42. The van der Waals surface area contributed by atoms with Gasteiger partial charge in [-0.15, -0.1) is 0 Å². The Morgan fingerprint density at radius 1 is 1.33 bits per heavy atom. The zero-order chi connectivity index (χ0) is 12.0. The number of carbonyl (C=O) groups is 1. The Morgan fingerprint density at radius 2 is 1.87 bits per heavy atom. The summed E-state index contributed by atoms with van der Waals surface area (Å²) < 4.78 is 5.05. The maximum atomic E-state index is 11.9. The largest absolute Gasteiger partial charge is 0.372 e. The smallest absolute Gasteiger partial charge is 0.251 e. The lowest BCUT2D eigenvalue weighted by Gasteiger charge is -2.31. The summed E-state index contributed by atoms with van der Waals surface area (Å²) in [5.74, 6) is 0.0642. The molecule has 4 heteroatoms. The summed E-state index contributed by atoms with van der Waals surface area (Å²) in [5, 5.41) is 0. The molecule has 0 aromatic rings. The molecule has 0 radical (unpaired) electrons. The van der Waals surface area contributed by atoms with Gasteiger partial charge in [-0.05, 0) is 34.9 Å². The highest BCUT2D eigenvalue weighted by Crippen LogP contribution is 2.05. The first-order valence-corrected chi connectivity index (χ1v) is 5.42. The van der Waals surface area contributed by atoms with Gasteiger partial charge in [0.15, 0.2) is 0 Å². The van der Waals surface area contributed by atoms with Crippen LogP contribution in [0.4, 0.5) is 0 Å². The summed E-state index contributed by atoms with van der Waals surface area (Å²) >= 11 is 0. The van der Waals surface area contributed by atoms with Crippen molar-refractivity contribution in [2.24, 2.45) is 0 Å². The Bertz CT molecular complexity index is 195. The fourth-order valence-electron chi connectivity index (χ4n) is 1.65. The Hall–Kier alpha value is -0.610. The van der Waals surface area contributed by atoms with E-state index in [9.17, 15) is 4.79 Å². The second kappa shape index (κ2) is 6.80. The van der Waals surface area contributed by atoms with E-state index in [0.29, 0.717) is 0 Å². The van der Waals surface area contributed by atoms with Crippen molar-refractivity contribution in [3.8, 4) is 0 Å². The van der Waals surface area contributed by atoms with Crippen LogP contribution in [0.25, 0.3) is 0 Å². The van der Waals surface area contributed by atoms with E-state index in [1.165, 1.54) is 0 Å². The van der Waals surface area contributed by atoms with Gasteiger partial charge >= 0.3 is 0 Å². The SMILES string of the molecule is CCN(C(=O)C(C)OC)C(C)CN(C)C. The van der Waals surface area contributed by atoms with Crippen molar-refractivity contribution in [1.29, 1.82) is 0 Å². The maximum Gasteiger partial charge on any atom is 0.251 e. The average molecular weight is 216 g/mol. The van der Waals surface area contributed by atoms with E-state index in [1.54, 1.807) is 14.0 Å². The molecule has 1 amide bonds.